The van der Waals surface area contributed by atoms with E-state index in [2.05, 4.69) is 32.4 Å². The van der Waals surface area contributed by atoms with Crippen LogP contribution in [0.2, 0.25) is 0 Å². The lowest BCUT2D eigenvalue weighted by atomic mass is 10.1. The molecule has 0 amide bonds. The largest absolute Gasteiger partial charge is 0.488 e. The van der Waals surface area contributed by atoms with Crippen molar-refractivity contribution in [2.45, 2.75) is 51.2 Å². The highest BCUT2D eigenvalue weighted by Crippen LogP contribution is 2.32. The Kier molecular flexibility index (Phi) is 5.86. The summed E-state index contributed by atoms with van der Waals surface area (Å²) in [6.07, 6.45) is 7.68. The van der Waals surface area contributed by atoms with Gasteiger partial charge in [0.1, 0.15) is 29.4 Å². The number of pyridine rings is 1. The first kappa shape index (κ1) is 19.8. The fourth-order valence-electron chi connectivity index (χ4n) is 3.52. The number of hydrogen-bond acceptors (Lipinski definition) is 8. The van der Waals surface area contributed by atoms with Crippen LogP contribution in [0.5, 0.6) is 5.75 Å². The molecule has 9 heteroatoms. The predicted molar refractivity (Wildman–Crippen MR) is 112 cm³/mol. The molecule has 1 aliphatic rings. The van der Waals surface area contributed by atoms with Crippen LogP contribution in [0.4, 0.5) is 11.6 Å². The number of H-pyrrole nitrogens is 1. The zero-order valence-corrected chi connectivity index (χ0v) is 16.8. The number of nitrogens with one attached hydrogen (secondary N) is 2. The van der Waals surface area contributed by atoms with Gasteiger partial charge in [0.2, 0.25) is 0 Å². The van der Waals surface area contributed by atoms with Crippen LogP contribution in [0.3, 0.4) is 0 Å². The molecule has 0 spiro atoms. The van der Waals surface area contributed by atoms with Gasteiger partial charge in [-0.2, -0.15) is 10.4 Å². The van der Waals surface area contributed by atoms with Gasteiger partial charge in [-0.25, -0.2) is 15.0 Å². The number of nitriles is 1. The molecule has 0 aromatic carbocycles. The lowest BCUT2D eigenvalue weighted by molar-refractivity contribution is 0.208. The van der Waals surface area contributed by atoms with Gasteiger partial charge in [-0.1, -0.05) is 13.3 Å². The van der Waals surface area contributed by atoms with Crippen LogP contribution in [0.15, 0.2) is 30.6 Å². The first-order valence-electron chi connectivity index (χ1n) is 10.1. The van der Waals surface area contributed by atoms with Gasteiger partial charge in [-0.05, 0) is 37.8 Å². The van der Waals surface area contributed by atoms with E-state index in [-0.39, 0.29) is 17.8 Å². The van der Waals surface area contributed by atoms with Crippen molar-refractivity contribution < 1.29 is 4.74 Å². The molecular weight excluding hydrogens is 380 g/mol. The second-order valence-corrected chi connectivity index (χ2v) is 7.40. The van der Waals surface area contributed by atoms with Crippen LogP contribution in [0, 0.1) is 11.3 Å². The van der Waals surface area contributed by atoms with E-state index < -0.39 is 0 Å². The minimum atomic E-state index is 0.104. The molecule has 30 heavy (non-hydrogen) atoms. The Morgan fingerprint density at radius 3 is 2.87 bits per heavy atom. The highest BCUT2D eigenvalue weighted by Gasteiger charge is 2.25. The van der Waals surface area contributed by atoms with E-state index in [1.165, 1.54) is 12.4 Å². The number of aromatic amines is 1. The normalized spacial score (nSPS) is 18.2. The third-order valence-electron chi connectivity index (χ3n) is 5.00. The van der Waals surface area contributed by atoms with Gasteiger partial charge in [-0.3, -0.25) is 5.10 Å². The Bertz CT molecular complexity index is 1040. The molecule has 4 N–H and O–H groups in total. The summed E-state index contributed by atoms with van der Waals surface area (Å²) in [5.41, 5.74) is 8.77. The Balaban J connectivity index is 1.58. The van der Waals surface area contributed by atoms with Crippen molar-refractivity contribution >= 4 is 11.6 Å². The summed E-state index contributed by atoms with van der Waals surface area (Å²) < 4.78 is 6.25. The van der Waals surface area contributed by atoms with Gasteiger partial charge >= 0.3 is 0 Å². The van der Waals surface area contributed by atoms with Gasteiger partial charge in [0.15, 0.2) is 11.5 Å². The average Bonchev–Trinajstić information content (AvgIpc) is 3.39. The molecule has 3 aromatic heterocycles. The van der Waals surface area contributed by atoms with Crippen molar-refractivity contribution in [2.24, 2.45) is 5.73 Å². The quantitative estimate of drug-likeness (QED) is 0.546. The Labute approximate surface area is 174 Å². The van der Waals surface area contributed by atoms with E-state index in [4.69, 9.17) is 20.7 Å². The number of anilines is 2. The Morgan fingerprint density at radius 2 is 2.17 bits per heavy atom. The maximum atomic E-state index is 8.83. The minimum Gasteiger partial charge on any atom is -0.488 e. The SMILES string of the molecule is CCCc1ccc(O[C@@H]2CC[C@H](N)C2)c(-c2cc(Nc3cnc(C#N)cn3)n[nH]2)n1. The first-order valence-corrected chi connectivity index (χ1v) is 10.1. The van der Waals surface area contributed by atoms with Crippen molar-refractivity contribution in [1.29, 1.82) is 5.26 Å². The molecule has 3 heterocycles. The molecule has 1 saturated carbocycles. The first-order chi connectivity index (χ1) is 14.6. The average molecular weight is 404 g/mol. The smallest absolute Gasteiger partial charge is 0.158 e. The van der Waals surface area contributed by atoms with Crippen molar-refractivity contribution in [1.82, 2.24) is 25.1 Å². The summed E-state index contributed by atoms with van der Waals surface area (Å²) >= 11 is 0. The highest BCUT2D eigenvalue weighted by molar-refractivity contribution is 5.67. The van der Waals surface area contributed by atoms with E-state index in [1.54, 1.807) is 0 Å². The summed E-state index contributed by atoms with van der Waals surface area (Å²) in [7, 11) is 0. The van der Waals surface area contributed by atoms with Crippen molar-refractivity contribution in [3.05, 3.63) is 42.0 Å². The number of aromatic nitrogens is 5. The molecule has 9 nitrogen and oxygen atoms in total. The molecule has 1 aliphatic carbocycles. The standard InChI is InChI=1S/C21H24N8O/c1-2-3-14-5-7-18(30-16-6-4-13(23)8-16)21(26-14)17-9-19(29-28-17)27-20-12-24-15(10-22)11-25-20/h5,7,9,11-13,16H,2-4,6,8,23H2,1H3,(H2,25,27,28,29)/t13-,16+/m0/s1. The molecule has 0 unspecified atom stereocenters. The van der Waals surface area contributed by atoms with Crippen LogP contribution in [0.1, 0.15) is 44.0 Å². The lowest BCUT2D eigenvalue weighted by Crippen LogP contribution is -2.19. The number of aryl methyl sites for hydroxylation is 1. The summed E-state index contributed by atoms with van der Waals surface area (Å²) in [6.45, 7) is 2.13. The third kappa shape index (κ3) is 4.55. The number of ether oxygens (including phenoxy) is 1. The molecule has 0 bridgehead atoms. The minimum absolute atomic E-state index is 0.104. The molecule has 0 saturated heterocycles. The molecule has 0 aliphatic heterocycles. The molecule has 2 atom stereocenters. The topological polar surface area (TPSA) is 138 Å². The molecule has 3 aromatic rings. The molecule has 154 valence electrons. The summed E-state index contributed by atoms with van der Waals surface area (Å²) in [6, 6.07) is 7.99. The number of hydrogen-bond donors (Lipinski definition) is 3. The second kappa shape index (κ2) is 8.88. The molecule has 4 rings (SSSR count). The zero-order chi connectivity index (χ0) is 20.9. The predicted octanol–water partition coefficient (Wildman–Crippen LogP) is 3.09. The number of nitrogens with two attached hydrogens (primary N) is 1. The fraction of sp³-hybridized carbons (Fsp3) is 0.381. The van der Waals surface area contributed by atoms with Gasteiger partial charge in [0, 0.05) is 17.8 Å². The van der Waals surface area contributed by atoms with Crippen molar-refractivity contribution in [3.8, 4) is 23.2 Å². The van der Waals surface area contributed by atoms with Crippen molar-refractivity contribution in [2.75, 3.05) is 5.32 Å². The summed E-state index contributed by atoms with van der Waals surface area (Å²) in [4.78, 5) is 13.0. The highest BCUT2D eigenvalue weighted by atomic mass is 16.5. The van der Waals surface area contributed by atoms with Crippen LogP contribution in [-0.4, -0.2) is 37.3 Å². The monoisotopic (exact) mass is 404 g/mol. The van der Waals surface area contributed by atoms with E-state index in [0.29, 0.717) is 11.6 Å². The van der Waals surface area contributed by atoms with E-state index in [1.807, 2.05) is 24.3 Å². The summed E-state index contributed by atoms with van der Waals surface area (Å²) in [5.74, 6) is 1.79. The maximum absolute atomic E-state index is 8.83. The lowest BCUT2D eigenvalue weighted by Gasteiger charge is -2.16. The van der Waals surface area contributed by atoms with Crippen LogP contribution in [-0.2, 0) is 6.42 Å². The van der Waals surface area contributed by atoms with E-state index >= 15 is 0 Å². The van der Waals surface area contributed by atoms with E-state index in [0.717, 1.165) is 54.9 Å². The number of nitrogens with zero attached hydrogens (tertiary/aromatic N) is 5. The summed E-state index contributed by atoms with van der Waals surface area (Å²) in [5, 5.41) is 19.2. The van der Waals surface area contributed by atoms with Crippen LogP contribution in [0.25, 0.3) is 11.4 Å². The second-order valence-electron chi connectivity index (χ2n) is 7.40. The van der Waals surface area contributed by atoms with Gasteiger partial charge in [0.25, 0.3) is 0 Å². The Hall–Kier alpha value is -3.51. The molecular formula is C21H24N8O. The van der Waals surface area contributed by atoms with Gasteiger partial charge < -0.3 is 15.8 Å². The molecule has 1 fully saturated rings. The van der Waals surface area contributed by atoms with Crippen molar-refractivity contribution in [3.63, 3.8) is 0 Å². The Morgan fingerprint density at radius 1 is 1.27 bits per heavy atom. The maximum Gasteiger partial charge on any atom is 0.158 e. The van der Waals surface area contributed by atoms with E-state index in [9.17, 15) is 0 Å². The van der Waals surface area contributed by atoms with Crippen LogP contribution < -0.4 is 15.8 Å². The fourth-order valence-corrected chi connectivity index (χ4v) is 3.52. The van der Waals surface area contributed by atoms with Crippen LogP contribution >= 0.6 is 0 Å². The third-order valence-corrected chi connectivity index (χ3v) is 5.00. The zero-order valence-electron chi connectivity index (χ0n) is 16.8. The van der Waals surface area contributed by atoms with Gasteiger partial charge in [-0.15, -0.1) is 0 Å². The number of rotatable bonds is 7. The molecule has 0 radical (unpaired) electrons. The van der Waals surface area contributed by atoms with Gasteiger partial charge in [0.05, 0.1) is 18.1 Å².